The minimum Gasteiger partial charge on any atom is -0.473 e. The van der Waals surface area contributed by atoms with Crippen LogP contribution < -0.4 is 10.5 Å². The van der Waals surface area contributed by atoms with Crippen LogP contribution in [-0.2, 0) is 13.2 Å². The van der Waals surface area contributed by atoms with Gasteiger partial charge in [0.25, 0.3) is 0 Å². The van der Waals surface area contributed by atoms with Crippen LogP contribution in [0.2, 0.25) is 5.02 Å². The maximum absolute atomic E-state index is 6.13. The van der Waals surface area contributed by atoms with Crippen molar-refractivity contribution in [1.29, 1.82) is 0 Å². The fraction of sp³-hybridized carbons (Fsp3) is 0.105. The van der Waals surface area contributed by atoms with E-state index in [4.69, 9.17) is 22.1 Å². The molecule has 0 aliphatic carbocycles. The Morgan fingerprint density at radius 3 is 2.43 bits per heavy atom. The van der Waals surface area contributed by atoms with Crippen molar-refractivity contribution in [3.05, 3.63) is 83.0 Å². The minimum absolute atomic E-state index is 0.458. The maximum Gasteiger partial charge on any atom is 0.213 e. The van der Waals surface area contributed by atoms with Crippen LogP contribution in [-0.4, -0.2) is 4.98 Å². The van der Waals surface area contributed by atoms with E-state index in [0.29, 0.717) is 24.1 Å². The van der Waals surface area contributed by atoms with Crippen molar-refractivity contribution in [2.75, 3.05) is 0 Å². The largest absolute Gasteiger partial charge is 0.473 e. The first-order valence-electron chi connectivity index (χ1n) is 7.37. The monoisotopic (exact) mass is 324 g/mol. The molecule has 0 aliphatic rings. The number of pyridine rings is 1. The van der Waals surface area contributed by atoms with Crippen LogP contribution in [0.4, 0.5) is 0 Å². The van der Waals surface area contributed by atoms with Gasteiger partial charge >= 0.3 is 0 Å². The Hall–Kier alpha value is -2.36. The molecule has 0 unspecified atom stereocenters. The van der Waals surface area contributed by atoms with Crippen LogP contribution in [0.1, 0.15) is 11.1 Å². The molecule has 0 amide bonds. The van der Waals surface area contributed by atoms with Gasteiger partial charge < -0.3 is 10.5 Å². The Kier molecular flexibility index (Phi) is 4.91. The van der Waals surface area contributed by atoms with Crippen LogP contribution in [0.3, 0.4) is 0 Å². The molecule has 0 saturated carbocycles. The van der Waals surface area contributed by atoms with E-state index in [1.807, 2.05) is 60.7 Å². The van der Waals surface area contributed by atoms with Gasteiger partial charge in [0.2, 0.25) is 5.88 Å². The second kappa shape index (κ2) is 7.27. The van der Waals surface area contributed by atoms with Crippen molar-refractivity contribution in [2.45, 2.75) is 13.2 Å². The van der Waals surface area contributed by atoms with Gasteiger partial charge in [-0.15, -0.1) is 0 Å². The van der Waals surface area contributed by atoms with Crippen LogP contribution >= 0.6 is 11.6 Å². The first-order chi connectivity index (χ1) is 11.2. The maximum atomic E-state index is 6.13. The second-order valence-electron chi connectivity index (χ2n) is 5.21. The summed E-state index contributed by atoms with van der Waals surface area (Å²) in [5, 5.41) is 0.673. The van der Waals surface area contributed by atoms with E-state index in [1.54, 1.807) is 6.20 Å². The van der Waals surface area contributed by atoms with Gasteiger partial charge in [-0.2, -0.15) is 0 Å². The second-order valence-corrected chi connectivity index (χ2v) is 5.65. The quantitative estimate of drug-likeness (QED) is 0.754. The van der Waals surface area contributed by atoms with Crippen molar-refractivity contribution in [1.82, 2.24) is 4.98 Å². The Bertz CT molecular complexity index is 773. The Morgan fingerprint density at radius 2 is 1.74 bits per heavy atom. The smallest absolute Gasteiger partial charge is 0.213 e. The lowest BCUT2D eigenvalue weighted by Gasteiger charge is -2.08. The van der Waals surface area contributed by atoms with Gasteiger partial charge in [0.1, 0.15) is 6.61 Å². The lowest BCUT2D eigenvalue weighted by Crippen LogP contribution is -1.98. The van der Waals surface area contributed by atoms with Crippen molar-refractivity contribution < 1.29 is 4.74 Å². The molecule has 0 aliphatic heterocycles. The van der Waals surface area contributed by atoms with Crippen molar-refractivity contribution in [2.24, 2.45) is 5.73 Å². The predicted octanol–water partition coefficient (Wildman–Crippen LogP) is 4.44. The van der Waals surface area contributed by atoms with Gasteiger partial charge in [-0.3, -0.25) is 0 Å². The highest BCUT2D eigenvalue weighted by molar-refractivity contribution is 6.31. The van der Waals surface area contributed by atoms with Gasteiger partial charge in [-0.05, 0) is 41.0 Å². The van der Waals surface area contributed by atoms with Crippen molar-refractivity contribution in [3.8, 4) is 17.0 Å². The van der Waals surface area contributed by atoms with Gasteiger partial charge in [0, 0.05) is 29.4 Å². The minimum atomic E-state index is 0.458. The fourth-order valence-corrected chi connectivity index (χ4v) is 2.56. The highest BCUT2D eigenvalue weighted by atomic mass is 35.5. The van der Waals surface area contributed by atoms with Gasteiger partial charge in [-0.1, -0.05) is 41.9 Å². The summed E-state index contributed by atoms with van der Waals surface area (Å²) >= 11 is 6.13. The number of benzene rings is 2. The van der Waals surface area contributed by atoms with Crippen LogP contribution in [0, 0.1) is 0 Å². The molecule has 116 valence electrons. The number of hydrogen-bond donors (Lipinski definition) is 1. The molecule has 2 N–H and O–H groups in total. The lowest BCUT2D eigenvalue weighted by atomic mass is 10.0. The summed E-state index contributed by atoms with van der Waals surface area (Å²) in [5.74, 6) is 0.596. The van der Waals surface area contributed by atoms with Crippen LogP contribution in [0.5, 0.6) is 5.88 Å². The molecule has 3 nitrogen and oxygen atoms in total. The summed E-state index contributed by atoms with van der Waals surface area (Å²) < 4.78 is 5.69. The van der Waals surface area contributed by atoms with E-state index in [0.717, 1.165) is 22.3 Å². The van der Waals surface area contributed by atoms with Gasteiger partial charge in [-0.25, -0.2) is 4.98 Å². The molecule has 1 aromatic heterocycles. The number of halogens is 1. The molecule has 0 spiro atoms. The number of nitrogens with two attached hydrogens (primary N) is 1. The lowest BCUT2D eigenvalue weighted by molar-refractivity contribution is 0.294. The van der Waals surface area contributed by atoms with E-state index in [9.17, 15) is 0 Å². The van der Waals surface area contributed by atoms with E-state index in [-0.39, 0.29) is 0 Å². The number of rotatable bonds is 5. The number of aromatic nitrogens is 1. The third kappa shape index (κ3) is 4.09. The first kappa shape index (κ1) is 15.5. The Balaban J connectivity index is 1.73. The zero-order chi connectivity index (χ0) is 16.1. The van der Waals surface area contributed by atoms with Gasteiger partial charge in [0.15, 0.2) is 0 Å². The van der Waals surface area contributed by atoms with E-state index in [2.05, 4.69) is 4.98 Å². The molecule has 0 fully saturated rings. The molecule has 4 heteroatoms. The molecule has 1 heterocycles. The first-order valence-corrected chi connectivity index (χ1v) is 7.75. The summed E-state index contributed by atoms with van der Waals surface area (Å²) in [5.41, 5.74) is 9.78. The normalized spacial score (nSPS) is 10.5. The van der Waals surface area contributed by atoms with E-state index >= 15 is 0 Å². The molecular formula is C19H17ClN2O. The third-order valence-electron chi connectivity index (χ3n) is 3.49. The average molecular weight is 325 g/mol. The molecule has 0 bridgehead atoms. The molecule has 23 heavy (non-hydrogen) atoms. The summed E-state index contributed by atoms with van der Waals surface area (Å²) in [4.78, 5) is 4.36. The van der Waals surface area contributed by atoms with Crippen molar-refractivity contribution >= 4 is 11.6 Å². The molecule has 0 atom stereocenters. The predicted molar refractivity (Wildman–Crippen MR) is 93.3 cm³/mol. The zero-order valence-electron chi connectivity index (χ0n) is 12.6. The molecule has 3 aromatic rings. The van der Waals surface area contributed by atoms with Gasteiger partial charge in [0.05, 0.1) is 0 Å². The number of nitrogens with zero attached hydrogens (tertiary/aromatic N) is 1. The molecule has 0 saturated heterocycles. The third-order valence-corrected chi connectivity index (χ3v) is 3.71. The van der Waals surface area contributed by atoms with E-state index in [1.165, 1.54) is 0 Å². The average Bonchev–Trinajstić information content (AvgIpc) is 2.60. The molecule has 0 radical (unpaired) electrons. The molecule has 3 rings (SSSR count). The van der Waals surface area contributed by atoms with E-state index < -0.39 is 0 Å². The zero-order valence-corrected chi connectivity index (χ0v) is 13.3. The standard InChI is InChI=1S/C19H17ClN2O/c20-18-9-15(11-21)8-17(10-18)16-6-7-19(22-12-16)23-13-14-4-2-1-3-5-14/h1-10,12H,11,13,21H2. The highest BCUT2D eigenvalue weighted by Gasteiger charge is 2.04. The highest BCUT2D eigenvalue weighted by Crippen LogP contribution is 2.25. The molecular weight excluding hydrogens is 308 g/mol. The number of ether oxygens (including phenoxy) is 1. The Labute approximate surface area is 140 Å². The SMILES string of the molecule is NCc1cc(Cl)cc(-c2ccc(OCc3ccccc3)nc2)c1. The number of hydrogen-bond acceptors (Lipinski definition) is 3. The van der Waals surface area contributed by atoms with Crippen LogP contribution in [0.15, 0.2) is 66.9 Å². The summed E-state index contributed by atoms with van der Waals surface area (Å²) in [6.07, 6.45) is 1.78. The summed E-state index contributed by atoms with van der Waals surface area (Å²) in [6.45, 7) is 0.959. The summed E-state index contributed by atoms with van der Waals surface area (Å²) in [7, 11) is 0. The Morgan fingerprint density at radius 1 is 0.913 bits per heavy atom. The summed E-state index contributed by atoms with van der Waals surface area (Å²) in [6, 6.07) is 19.6. The van der Waals surface area contributed by atoms with Crippen molar-refractivity contribution in [3.63, 3.8) is 0 Å². The fourth-order valence-electron chi connectivity index (χ4n) is 2.30. The molecule has 2 aromatic carbocycles. The van der Waals surface area contributed by atoms with Crippen LogP contribution in [0.25, 0.3) is 11.1 Å². The topological polar surface area (TPSA) is 48.1 Å².